The Morgan fingerprint density at radius 3 is 2.61 bits per heavy atom. The lowest BCUT2D eigenvalue weighted by molar-refractivity contribution is -0.117. The summed E-state index contributed by atoms with van der Waals surface area (Å²) in [6, 6.07) is 11.9. The summed E-state index contributed by atoms with van der Waals surface area (Å²) >= 11 is 0. The topological polar surface area (TPSA) is 125 Å². The summed E-state index contributed by atoms with van der Waals surface area (Å²) in [5.41, 5.74) is 7.31. The van der Waals surface area contributed by atoms with Crippen LogP contribution in [-0.4, -0.2) is 41.0 Å². The quantitative estimate of drug-likeness (QED) is 0.265. The largest absolute Gasteiger partial charge is 0.338 e. The second-order valence-electron chi connectivity index (χ2n) is 10.5. The van der Waals surface area contributed by atoms with E-state index in [1.165, 1.54) is 0 Å². The second kappa shape index (κ2) is 9.19. The van der Waals surface area contributed by atoms with Crippen LogP contribution >= 0.6 is 0 Å². The molecule has 0 unspecified atom stereocenters. The van der Waals surface area contributed by atoms with E-state index in [-0.39, 0.29) is 11.3 Å². The molecule has 0 aromatic carbocycles. The molecule has 0 fully saturated rings. The Hall–Kier alpha value is -4.92. The fraction of sp³-hybridized carbons (Fsp3) is 0.172. The SMILES string of the molecule is CC(C)(C)CC(=O)Nc1cncc(-c2cc3c(-c4cc5c(-c6cccnc6)ccnc5[nH]4)n[nH]c3cn2)c1. The van der Waals surface area contributed by atoms with Gasteiger partial charge in [-0.3, -0.25) is 24.8 Å². The molecule has 0 bridgehead atoms. The Kier molecular flexibility index (Phi) is 5.68. The van der Waals surface area contributed by atoms with Gasteiger partial charge in [-0.15, -0.1) is 0 Å². The average Bonchev–Trinajstić information content (AvgIpc) is 3.51. The van der Waals surface area contributed by atoms with E-state index in [1.807, 2.05) is 57.3 Å². The molecular formula is C29H26N8O. The summed E-state index contributed by atoms with van der Waals surface area (Å²) in [7, 11) is 0. The van der Waals surface area contributed by atoms with Gasteiger partial charge >= 0.3 is 0 Å². The van der Waals surface area contributed by atoms with Crippen LogP contribution in [0.5, 0.6) is 0 Å². The van der Waals surface area contributed by atoms with Crippen molar-refractivity contribution in [1.82, 2.24) is 35.1 Å². The molecule has 0 saturated heterocycles. The van der Waals surface area contributed by atoms with Crippen molar-refractivity contribution in [3.8, 4) is 33.8 Å². The highest BCUT2D eigenvalue weighted by molar-refractivity contribution is 6.00. The van der Waals surface area contributed by atoms with Crippen molar-refractivity contribution >= 4 is 33.5 Å². The van der Waals surface area contributed by atoms with Crippen molar-refractivity contribution in [2.45, 2.75) is 27.2 Å². The fourth-order valence-electron chi connectivity index (χ4n) is 4.54. The zero-order chi connectivity index (χ0) is 26.3. The number of H-pyrrole nitrogens is 2. The monoisotopic (exact) mass is 502 g/mol. The van der Waals surface area contributed by atoms with Gasteiger partial charge in [0.1, 0.15) is 11.3 Å². The van der Waals surface area contributed by atoms with E-state index in [1.54, 1.807) is 31.0 Å². The molecule has 0 aliphatic heterocycles. The molecule has 6 aromatic rings. The van der Waals surface area contributed by atoms with E-state index < -0.39 is 0 Å². The maximum Gasteiger partial charge on any atom is 0.224 e. The maximum atomic E-state index is 12.4. The summed E-state index contributed by atoms with van der Waals surface area (Å²) in [6.07, 6.45) is 10.9. The van der Waals surface area contributed by atoms with Gasteiger partial charge in [-0.05, 0) is 41.3 Å². The van der Waals surface area contributed by atoms with Crippen molar-refractivity contribution in [3.63, 3.8) is 0 Å². The van der Waals surface area contributed by atoms with E-state index >= 15 is 0 Å². The molecule has 0 aliphatic rings. The molecule has 3 N–H and O–H groups in total. The van der Waals surface area contributed by atoms with Gasteiger partial charge in [0.05, 0.1) is 35.0 Å². The summed E-state index contributed by atoms with van der Waals surface area (Å²) in [5, 5.41) is 12.5. The smallest absolute Gasteiger partial charge is 0.224 e. The second-order valence-corrected chi connectivity index (χ2v) is 10.5. The van der Waals surface area contributed by atoms with Crippen molar-refractivity contribution in [2.75, 3.05) is 5.32 Å². The van der Waals surface area contributed by atoms with Crippen LogP contribution in [0.15, 0.2) is 73.6 Å². The number of nitrogens with zero attached hydrogens (tertiary/aromatic N) is 5. The van der Waals surface area contributed by atoms with Crippen molar-refractivity contribution in [2.24, 2.45) is 5.41 Å². The molecule has 1 amide bonds. The van der Waals surface area contributed by atoms with Crippen LogP contribution in [0.3, 0.4) is 0 Å². The van der Waals surface area contributed by atoms with E-state index in [4.69, 9.17) is 0 Å². The zero-order valence-corrected chi connectivity index (χ0v) is 21.3. The zero-order valence-electron chi connectivity index (χ0n) is 21.3. The molecule has 0 spiro atoms. The molecule has 0 saturated carbocycles. The average molecular weight is 503 g/mol. The molecule has 38 heavy (non-hydrogen) atoms. The molecule has 9 nitrogen and oxygen atoms in total. The van der Waals surface area contributed by atoms with Crippen molar-refractivity contribution in [1.29, 1.82) is 0 Å². The van der Waals surface area contributed by atoms with Gasteiger partial charge in [-0.25, -0.2) is 4.98 Å². The number of hydrogen-bond donors (Lipinski definition) is 3. The first-order valence-corrected chi connectivity index (χ1v) is 12.3. The number of rotatable bonds is 5. The molecule has 0 aliphatic carbocycles. The van der Waals surface area contributed by atoms with Crippen LogP contribution in [0, 0.1) is 5.41 Å². The summed E-state index contributed by atoms with van der Waals surface area (Å²) in [4.78, 5) is 33.6. The van der Waals surface area contributed by atoms with Gasteiger partial charge < -0.3 is 10.3 Å². The summed E-state index contributed by atoms with van der Waals surface area (Å²) < 4.78 is 0. The molecule has 9 heteroatoms. The lowest BCUT2D eigenvalue weighted by Gasteiger charge is -2.17. The van der Waals surface area contributed by atoms with Gasteiger partial charge in [0.2, 0.25) is 5.91 Å². The molecule has 0 radical (unpaired) electrons. The lowest BCUT2D eigenvalue weighted by Crippen LogP contribution is -2.19. The highest BCUT2D eigenvalue weighted by Crippen LogP contribution is 2.34. The molecule has 6 aromatic heterocycles. The number of aromatic amines is 2. The number of carbonyl (C=O) groups is 1. The van der Waals surface area contributed by atoms with E-state index in [2.05, 4.69) is 46.5 Å². The minimum absolute atomic E-state index is 0.0462. The van der Waals surface area contributed by atoms with Gasteiger partial charge in [0.25, 0.3) is 0 Å². The molecular weight excluding hydrogens is 476 g/mol. The number of aromatic nitrogens is 7. The Morgan fingerprint density at radius 1 is 0.921 bits per heavy atom. The number of carbonyl (C=O) groups excluding carboxylic acids is 1. The van der Waals surface area contributed by atoms with Crippen LogP contribution in [-0.2, 0) is 4.79 Å². The van der Waals surface area contributed by atoms with Gasteiger partial charge in [0.15, 0.2) is 0 Å². The van der Waals surface area contributed by atoms with E-state index in [0.717, 1.165) is 55.7 Å². The standard InChI is InChI=1S/C29H26N8O/c1-29(2,3)12-26(38)34-19-9-18(14-31-15-19)23-11-22-25(16-33-23)36-37-27(22)24-10-21-20(6-8-32-28(21)35-24)17-5-4-7-30-13-17/h4-11,13-16H,12H2,1-3H3,(H,32,35)(H,34,38)(H,36,37). The predicted molar refractivity (Wildman–Crippen MR) is 148 cm³/mol. The van der Waals surface area contributed by atoms with Gasteiger partial charge in [-0.1, -0.05) is 26.8 Å². The van der Waals surface area contributed by atoms with E-state index in [9.17, 15) is 4.79 Å². The number of anilines is 1. The number of fused-ring (bicyclic) bond motifs is 2. The Bertz CT molecular complexity index is 1780. The van der Waals surface area contributed by atoms with Crippen molar-refractivity contribution < 1.29 is 4.79 Å². The van der Waals surface area contributed by atoms with Crippen LogP contribution < -0.4 is 5.32 Å². The number of nitrogens with one attached hydrogen (secondary N) is 3. The first kappa shape index (κ1) is 23.5. The summed E-state index contributed by atoms with van der Waals surface area (Å²) in [5.74, 6) is -0.0462. The first-order valence-electron chi connectivity index (χ1n) is 12.3. The minimum Gasteiger partial charge on any atom is -0.338 e. The van der Waals surface area contributed by atoms with Crippen LogP contribution in [0.1, 0.15) is 27.2 Å². The number of amides is 1. The Balaban J connectivity index is 1.36. The third-order valence-electron chi connectivity index (χ3n) is 6.22. The fourth-order valence-corrected chi connectivity index (χ4v) is 4.54. The normalized spacial score (nSPS) is 11.8. The first-order chi connectivity index (χ1) is 18.3. The number of hydrogen-bond acceptors (Lipinski definition) is 6. The molecule has 6 rings (SSSR count). The summed E-state index contributed by atoms with van der Waals surface area (Å²) in [6.45, 7) is 6.10. The van der Waals surface area contributed by atoms with E-state index in [0.29, 0.717) is 12.1 Å². The van der Waals surface area contributed by atoms with Crippen LogP contribution in [0.2, 0.25) is 0 Å². The maximum absolute atomic E-state index is 12.4. The lowest BCUT2D eigenvalue weighted by atomic mass is 9.92. The predicted octanol–water partition coefficient (Wildman–Crippen LogP) is 6.00. The third kappa shape index (κ3) is 4.61. The van der Waals surface area contributed by atoms with Gasteiger partial charge in [0, 0.05) is 53.1 Å². The minimum atomic E-state index is -0.101. The Labute approximate surface area is 218 Å². The van der Waals surface area contributed by atoms with Crippen LogP contribution in [0.25, 0.3) is 55.7 Å². The molecule has 0 atom stereocenters. The highest BCUT2D eigenvalue weighted by Gasteiger charge is 2.18. The molecule has 188 valence electrons. The third-order valence-corrected chi connectivity index (χ3v) is 6.22. The molecule has 6 heterocycles. The number of pyridine rings is 4. The highest BCUT2D eigenvalue weighted by atomic mass is 16.1. The van der Waals surface area contributed by atoms with Crippen LogP contribution in [0.4, 0.5) is 5.69 Å². The van der Waals surface area contributed by atoms with Crippen molar-refractivity contribution in [3.05, 3.63) is 73.6 Å². The Morgan fingerprint density at radius 2 is 1.79 bits per heavy atom. The van der Waals surface area contributed by atoms with Gasteiger partial charge in [-0.2, -0.15) is 5.10 Å².